The van der Waals surface area contributed by atoms with E-state index < -0.39 is 0 Å². The van der Waals surface area contributed by atoms with Gasteiger partial charge in [-0.25, -0.2) is 9.97 Å². The number of hydrogen-bond donors (Lipinski definition) is 1. The first-order chi connectivity index (χ1) is 14.3. The predicted molar refractivity (Wildman–Crippen MR) is 114 cm³/mol. The predicted octanol–water partition coefficient (Wildman–Crippen LogP) is 3.06. The topological polar surface area (TPSA) is 98.0 Å². The first kappa shape index (κ1) is 18.8. The third-order valence-corrected chi connectivity index (χ3v) is 6.49. The maximum Gasteiger partial charge on any atom is 0.227 e. The molecule has 0 unspecified atom stereocenters. The Hall–Kier alpha value is -3.21. The third-order valence-electron chi connectivity index (χ3n) is 6.49. The van der Waals surface area contributed by atoms with Crippen molar-refractivity contribution in [1.82, 2.24) is 15.0 Å². The molecule has 1 aliphatic carbocycles. The Morgan fingerprint density at radius 2 is 2.03 bits per heavy atom. The third kappa shape index (κ3) is 3.05. The molecule has 1 spiro atoms. The summed E-state index contributed by atoms with van der Waals surface area (Å²) in [4.78, 5) is 29.9. The lowest BCUT2D eigenvalue weighted by Crippen LogP contribution is -2.27. The van der Waals surface area contributed by atoms with Gasteiger partial charge < -0.3 is 15.1 Å². The number of carbonyl (C=O) groups excluding carboxylic acids is 1. The average Bonchev–Trinajstić information content (AvgIpc) is 3.26. The van der Waals surface area contributed by atoms with Crippen molar-refractivity contribution in [2.45, 2.75) is 45.4 Å². The molecule has 8 nitrogen and oxygen atoms in total. The van der Waals surface area contributed by atoms with Crippen molar-refractivity contribution in [2.75, 3.05) is 34.8 Å². The van der Waals surface area contributed by atoms with E-state index in [9.17, 15) is 10.1 Å². The SMILES string of the molecule is CC(=O)Nc1cc2c(cn1)C1(CC1)CN2c1cc(C)nc(N2CC[C@@](C)(C#N)C2)n1. The van der Waals surface area contributed by atoms with Gasteiger partial charge in [-0.05, 0) is 33.1 Å². The van der Waals surface area contributed by atoms with E-state index in [-0.39, 0.29) is 16.7 Å². The van der Waals surface area contributed by atoms with Gasteiger partial charge in [0.05, 0.1) is 17.2 Å². The van der Waals surface area contributed by atoms with Crippen LogP contribution in [0.3, 0.4) is 0 Å². The zero-order valence-corrected chi connectivity index (χ0v) is 17.6. The zero-order valence-electron chi connectivity index (χ0n) is 17.6. The maximum absolute atomic E-state index is 11.5. The normalized spacial score (nSPS) is 23.4. The largest absolute Gasteiger partial charge is 0.339 e. The number of rotatable bonds is 3. The monoisotopic (exact) mass is 403 g/mol. The van der Waals surface area contributed by atoms with Crippen LogP contribution < -0.4 is 15.1 Å². The molecule has 1 atom stereocenters. The summed E-state index contributed by atoms with van der Waals surface area (Å²) in [5, 5.41) is 12.3. The van der Waals surface area contributed by atoms with Gasteiger partial charge in [-0.2, -0.15) is 10.2 Å². The van der Waals surface area contributed by atoms with Crippen molar-refractivity contribution in [3.8, 4) is 6.07 Å². The molecule has 1 saturated heterocycles. The summed E-state index contributed by atoms with van der Waals surface area (Å²) in [5.74, 6) is 1.95. The summed E-state index contributed by atoms with van der Waals surface area (Å²) < 4.78 is 0. The average molecular weight is 403 g/mol. The number of carbonyl (C=O) groups is 1. The van der Waals surface area contributed by atoms with Crippen LogP contribution in [-0.4, -0.2) is 40.5 Å². The van der Waals surface area contributed by atoms with Crippen molar-refractivity contribution >= 4 is 29.2 Å². The van der Waals surface area contributed by atoms with Gasteiger partial charge in [-0.1, -0.05) is 0 Å². The van der Waals surface area contributed by atoms with Crippen LogP contribution in [0.25, 0.3) is 0 Å². The van der Waals surface area contributed by atoms with E-state index in [1.165, 1.54) is 12.5 Å². The van der Waals surface area contributed by atoms with E-state index in [4.69, 9.17) is 4.98 Å². The summed E-state index contributed by atoms with van der Waals surface area (Å²) in [7, 11) is 0. The van der Waals surface area contributed by atoms with Gasteiger partial charge in [0.25, 0.3) is 0 Å². The van der Waals surface area contributed by atoms with E-state index >= 15 is 0 Å². The molecular formula is C22H25N7O. The van der Waals surface area contributed by atoms with E-state index in [0.717, 1.165) is 49.6 Å². The molecule has 0 aromatic carbocycles. The second-order valence-electron chi connectivity index (χ2n) is 9.15. The molecule has 2 aromatic rings. The lowest BCUT2D eigenvalue weighted by molar-refractivity contribution is -0.114. The number of aromatic nitrogens is 3. The standard InChI is InChI=1S/C22H25N7O/c1-14-8-19(27-20(25-14)28-7-6-21(3,11-23)12-28)29-13-22(4-5-22)16-10-24-18(9-17(16)29)26-15(2)30/h8-10H,4-7,12-13H2,1-3H3,(H,24,26,30)/t21-/m0/s1. The lowest BCUT2D eigenvalue weighted by atomic mass is 9.92. The summed E-state index contributed by atoms with van der Waals surface area (Å²) in [6.45, 7) is 7.74. The second kappa shape index (κ2) is 6.39. The zero-order chi connectivity index (χ0) is 21.1. The Morgan fingerprint density at radius 1 is 1.23 bits per heavy atom. The first-order valence-corrected chi connectivity index (χ1v) is 10.4. The van der Waals surface area contributed by atoms with Gasteiger partial charge in [0.1, 0.15) is 11.6 Å². The summed E-state index contributed by atoms with van der Waals surface area (Å²) in [5.41, 5.74) is 2.97. The van der Waals surface area contributed by atoms with E-state index in [0.29, 0.717) is 18.3 Å². The van der Waals surface area contributed by atoms with Crippen LogP contribution in [-0.2, 0) is 10.2 Å². The van der Waals surface area contributed by atoms with Crippen molar-refractivity contribution < 1.29 is 4.79 Å². The minimum atomic E-state index is -0.357. The van der Waals surface area contributed by atoms with Crippen LogP contribution >= 0.6 is 0 Å². The number of aryl methyl sites for hydroxylation is 1. The number of pyridine rings is 1. The molecule has 1 amide bonds. The van der Waals surface area contributed by atoms with Crippen LogP contribution in [0.1, 0.15) is 44.4 Å². The summed E-state index contributed by atoms with van der Waals surface area (Å²) in [6.07, 6.45) is 5.00. The van der Waals surface area contributed by atoms with Crippen LogP contribution in [0.5, 0.6) is 0 Å². The second-order valence-corrected chi connectivity index (χ2v) is 9.15. The minimum absolute atomic E-state index is 0.136. The molecule has 1 saturated carbocycles. The minimum Gasteiger partial charge on any atom is -0.339 e. The number of amides is 1. The maximum atomic E-state index is 11.5. The number of nitriles is 1. The molecule has 154 valence electrons. The van der Waals surface area contributed by atoms with Gasteiger partial charge >= 0.3 is 0 Å². The van der Waals surface area contributed by atoms with Crippen LogP contribution in [0.15, 0.2) is 18.3 Å². The number of nitrogens with zero attached hydrogens (tertiary/aromatic N) is 6. The van der Waals surface area contributed by atoms with Crippen LogP contribution in [0, 0.1) is 23.7 Å². The Balaban J connectivity index is 1.52. The molecule has 2 fully saturated rings. The molecule has 8 heteroatoms. The highest BCUT2D eigenvalue weighted by atomic mass is 16.1. The van der Waals surface area contributed by atoms with Gasteiger partial charge in [0.15, 0.2) is 0 Å². The molecule has 0 bridgehead atoms. The highest BCUT2D eigenvalue weighted by Crippen LogP contribution is 2.58. The van der Waals surface area contributed by atoms with Crippen molar-refractivity contribution in [3.63, 3.8) is 0 Å². The van der Waals surface area contributed by atoms with Crippen LogP contribution in [0.2, 0.25) is 0 Å². The van der Waals surface area contributed by atoms with Crippen LogP contribution in [0.4, 0.5) is 23.3 Å². The number of fused-ring (bicyclic) bond motifs is 2. The molecule has 30 heavy (non-hydrogen) atoms. The fraction of sp³-hybridized carbons (Fsp3) is 0.500. The molecule has 0 radical (unpaired) electrons. The molecule has 2 aliphatic heterocycles. The van der Waals surface area contributed by atoms with Gasteiger partial charge in [-0.15, -0.1) is 0 Å². The van der Waals surface area contributed by atoms with E-state index in [1.807, 2.05) is 32.2 Å². The van der Waals surface area contributed by atoms with Crippen molar-refractivity contribution in [2.24, 2.45) is 5.41 Å². The molecular weight excluding hydrogens is 378 g/mol. The summed E-state index contributed by atoms with van der Waals surface area (Å²) in [6, 6.07) is 6.38. The van der Waals surface area contributed by atoms with Gasteiger partial charge in [0, 0.05) is 61.6 Å². The highest BCUT2D eigenvalue weighted by Gasteiger charge is 2.52. The number of nitrogens with one attached hydrogen (secondary N) is 1. The van der Waals surface area contributed by atoms with Gasteiger partial charge in [-0.3, -0.25) is 4.79 Å². The van der Waals surface area contributed by atoms with Gasteiger partial charge in [0.2, 0.25) is 11.9 Å². The lowest BCUT2D eigenvalue weighted by Gasteiger charge is -2.23. The number of hydrogen-bond acceptors (Lipinski definition) is 7. The Kier molecular flexibility index (Phi) is 4.01. The molecule has 4 heterocycles. The fourth-order valence-corrected chi connectivity index (χ4v) is 4.62. The molecule has 1 N–H and O–H groups in total. The van der Waals surface area contributed by atoms with E-state index in [2.05, 4.69) is 31.2 Å². The Morgan fingerprint density at radius 3 is 2.70 bits per heavy atom. The highest BCUT2D eigenvalue weighted by molar-refractivity contribution is 5.89. The fourth-order valence-electron chi connectivity index (χ4n) is 4.62. The van der Waals surface area contributed by atoms with E-state index in [1.54, 1.807) is 0 Å². The van der Waals surface area contributed by atoms with Crippen molar-refractivity contribution in [3.05, 3.63) is 29.6 Å². The van der Waals surface area contributed by atoms with Crippen molar-refractivity contribution in [1.29, 1.82) is 5.26 Å². The first-order valence-electron chi connectivity index (χ1n) is 10.4. The molecule has 2 aromatic heterocycles. The molecule has 5 rings (SSSR count). The Bertz CT molecular complexity index is 1090. The Labute approximate surface area is 175 Å². The summed E-state index contributed by atoms with van der Waals surface area (Å²) >= 11 is 0. The smallest absolute Gasteiger partial charge is 0.227 e. The molecule has 3 aliphatic rings. The number of anilines is 4. The quantitative estimate of drug-likeness (QED) is 0.841.